The van der Waals surface area contributed by atoms with Gasteiger partial charge in [-0.3, -0.25) is 19.1 Å². The number of aromatic amines is 1. The molecule has 0 unspecified atom stereocenters. The van der Waals surface area contributed by atoms with Crippen molar-refractivity contribution in [3.8, 4) is 17.0 Å². The fourth-order valence-corrected chi connectivity index (χ4v) is 6.29. The van der Waals surface area contributed by atoms with Crippen LogP contribution in [0.4, 0.5) is 4.39 Å². The van der Waals surface area contributed by atoms with E-state index in [0.29, 0.717) is 36.3 Å². The van der Waals surface area contributed by atoms with E-state index in [0.717, 1.165) is 40.9 Å². The van der Waals surface area contributed by atoms with E-state index < -0.39 is 12.1 Å². The Labute approximate surface area is 300 Å². The zero-order valence-corrected chi connectivity index (χ0v) is 30.9. The Kier molecular flexibility index (Phi) is 14.2. The maximum Gasteiger partial charge on any atom is 0.243 e. The molecule has 0 bridgehead atoms. The number of halogens is 1. The SMILES string of the molecule is CC[C@H](C)[C@@H](CCC(=O)NC)NC(=O)[C@H](Cc1c[nH]c2ccc(F)cc12)NC(=O)[C@H](CCC(C)C)NCc1cnn(C)c1-c1ccc(OC)cc1. The monoisotopic (exact) mass is 703 g/mol. The topological polar surface area (TPSA) is 142 Å². The van der Waals surface area contributed by atoms with Crippen LogP contribution in [-0.2, 0) is 34.4 Å². The molecule has 2 aromatic carbocycles. The second-order valence-electron chi connectivity index (χ2n) is 13.8. The van der Waals surface area contributed by atoms with Crippen molar-refractivity contribution >= 4 is 28.6 Å². The van der Waals surface area contributed by atoms with Gasteiger partial charge in [0.15, 0.2) is 0 Å². The van der Waals surface area contributed by atoms with Gasteiger partial charge in [0.2, 0.25) is 17.7 Å². The number of aryl methyl sites for hydroxylation is 1. The number of nitrogens with one attached hydrogen (secondary N) is 5. The summed E-state index contributed by atoms with van der Waals surface area (Å²) in [7, 11) is 5.10. The van der Waals surface area contributed by atoms with E-state index in [1.807, 2.05) is 49.8 Å². The van der Waals surface area contributed by atoms with Crippen LogP contribution in [0.3, 0.4) is 0 Å². The Balaban J connectivity index is 1.60. The summed E-state index contributed by atoms with van der Waals surface area (Å²) in [5.74, 6) is 0.0522. The van der Waals surface area contributed by atoms with Gasteiger partial charge in [0.1, 0.15) is 17.6 Å². The van der Waals surface area contributed by atoms with Gasteiger partial charge in [-0.15, -0.1) is 0 Å². The second-order valence-corrected chi connectivity index (χ2v) is 13.8. The van der Waals surface area contributed by atoms with Gasteiger partial charge in [-0.25, -0.2) is 4.39 Å². The molecule has 4 aromatic rings. The predicted octanol–water partition coefficient (Wildman–Crippen LogP) is 5.40. The lowest BCUT2D eigenvalue weighted by molar-refractivity contribution is -0.130. The number of hydrogen-bond donors (Lipinski definition) is 5. The van der Waals surface area contributed by atoms with Crippen LogP contribution >= 0.6 is 0 Å². The molecule has 0 saturated carbocycles. The number of carbonyl (C=O) groups excluding carboxylic acids is 3. The van der Waals surface area contributed by atoms with E-state index in [2.05, 4.69) is 45.2 Å². The first-order chi connectivity index (χ1) is 24.4. The highest BCUT2D eigenvalue weighted by molar-refractivity contribution is 5.91. The molecule has 2 aromatic heterocycles. The predicted molar refractivity (Wildman–Crippen MR) is 198 cm³/mol. The average molecular weight is 704 g/mol. The van der Waals surface area contributed by atoms with Crippen molar-refractivity contribution in [3.05, 3.63) is 71.8 Å². The number of fused-ring (bicyclic) bond motifs is 1. The largest absolute Gasteiger partial charge is 0.497 e. The number of ether oxygens (including phenoxy) is 1. The van der Waals surface area contributed by atoms with Crippen molar-refractivity contribution in [2.75, 3.05) is 14.2 Å². The molecular formula is C39H54FN7O4. The van der Waals surface area contributed by atoms with Gasteiger partial charge >= 0.3 is 0 Å². The van der Waals surface area contributed by atoms with E-state index >= 15 is 0 Å². The summed E-state index contributed by atoms with van der Waals surface area (Å²) >= 11 is 0. The smallest absolute Gasteiger partial charge is 0.243 e. The Morgan fingerprint density at radius 1 is 0.961 bits per heavy atom. The third kappa shape index (κ3) is 10.6. The number of aromatic nitrogens is 3. The molecule has 0 fully saturated rings. The fraction of sp³-hybridized carbons (Fsp3) is 0.487. The van der Waals surface area contributed by atoms with Gasteiger partial charge < -0.3 is 31.0 Å². The van der Waals surface area contributed by atoms with Crippen LogP contribution in [0.1, 0.15) is 70.9 Å². The third-order valence-corrected chi connectivity index (χ3v) is 9.67. The number of methoxy groups -OCH3 is 1. The molecule has 51 heavy (non-hydrogen) atoms. The average Bonchev–Trinajstić information content (AvgIpc) is 3.70. The molecule has 0 radical (unpaired) electrons. The van der Waals surface area contributed by atoms with Gasteiger partial charge in [-0.1, -0.05) is 34.1 Å². The summed E-state index contributed by atoms with van der Waals surface area (Å²) in [5.41, 5.74) is 4.26. The van der Waals surface area contributed by atoms with Crippen LogP contribution < -0.4 is 26.0 Å². The highest BCUT2D eigenvalue weighted by Crippen LogP contribution is 2.26. The molecule has 12 heteroatoms. The quantitative estimate of drug-likeness (QED) is 0.0887. The van der Waals surface area contributed by atoms with Crippen LogP contribution in [0.25, 0.3) is 22.2 Å². The Hall–Kier alpha value is -4.71. The lowest BCUT2D eigenvalue weighted by Gasteiger charge is -2.28. The fourth-order valence-electron chi connectivity index (χ4n) is 6.29. The maximum atomic E-state index is 14.3. The second kappa shape index (κ2) is 18.5. The van der Waals surface area contributed by atoms with Crippen LogP contribution in [0.5, 0.6) is 5.75 Å². The van der Waals surface area contributed by atoms with Crippen LogP contribution in [0.2, 0.25) is 0 Å². The first-order valence-electron chi connectivity index (χ1n) is 17.9. The number of rotatable bonds is 19. The van der Waals surface area contributed by atoms with E-state index in [1.54, 1.807) is 32.6 Å². The highest BCUT2D eigenvalue weighted by Gasteiger charge is 2.30. The summed E-state index contributed by atoms with van der Waals surface area (Å²) in [6, 6.07) is 10.4. The number of hydrogen-bond acceptors (Lipinski definition) is 6. The molecule has 3 amide bonds. The zero-order chi connectivity index (χ0) is 37.1. The highest BCUT2D eigenvalue weighted by atomic mass is 19.1. The zero-order valence-electron chi connectivity index (χ0n) is 30.9. The Bertz CT molecular complexity index is 1750. The normalized spacial score (nSPS) is 13.8. The van der Waals surface area contributed by atoms with Crippen molar-refractivity contribution in [1.29, 1.82) is 0 Å². The molecule has 0 aliphatic rings. The minimum Gasteiger partial charge on any atom is -0.497 e. The molecular weight excluding hydrogens is 649 g/mol. The number of carbonyl (C=O) groups is 3. The van der Waals surface area contributed by atoms with E-state index in [-0.39, 0.29) is 48.3 Å². The summed E-state index contributed by atoms with van der Waals surface area (Å²) in [5, 5.41) is 17.5. The molecule has 2 heterocycles. The summed E-state index contributed by atoms with van der Waals surface area (Å²) in [4.78, 5) is 43.6. The van der Waals surface area contributed by atoms with Crippen molar-refractivity contribution in [1.82, 2.24) is 36.0 Å². The van der Waals surface area contributed by atoms with E-state index in [9.17, 15) is 18.8 Å². The first kappa shape index (κ1) is 39.1. The van der Waals surface area contributed by atoms with E-state index in [4.69, 9.17) is 4.74 Å². The Morgan fingerprint density at radius 2 is 1.69 bits per heavy atom. The number of amides is 3. The molecule has 4 atom stereocenters. The van der Waals surface area contributed by atoms with Gasteiger partial charge in [0.25, 0.3) is 0 Å². The van der Waals surface area contributed by atoms with Crippen molar-refractivity contribution in [2.24, 2.45) is 18.9 Å². The lowest BCUT2D eigenvalue weighted by atomic mass is 9.94. The standard InChI is InChI=1S/C39H54FN7O4/c1-8-25(4)32(17-18-36(48)41-5)45-39(50)35(19-27-21-42-33-16-12-29(40)20-31(27)33)46-38(49)34(15-9-24(2)3)43-22-28-23-44-47(6)37(28)26-10-13-30(51-7)14-11-26/h10-14,16,20-21,23-25,32,34-35,42-43H,8-9,15,17-19,22H2,1-7H3,(H,41,48)(H,45,50)(H,46,49)/t25-,32+,34-,35-/m0/s1. The summed E-state index contributed by atoms with van der Waals surface area (Å²) in [6.07, 6.45) is 6.55. The van der Waals surface area contributed by atoms with Gasteiger partial charge in [-0.2, -0.15) is 5.10 Å². The summed E-state index contributed by atoms with van der Waals surface area (Å²) < 4.78 is 21.5. The maximum absolute atomic E-state index is 14.3. The van der Waals surface area contributed by atoms with Crippen LogP contribution in [0, 0.1) is 17.7 Å². The molecule has 4 rings (SSSR count). The minimum atomic E-state index is -0.956. The van der Waals surface area contributed by atoms with Crippen LogP contribution in [-0.4, -0.2) is 64.8 Å². The van der Waals surface area contributed by atoms with Gasteiger partial charge in [0.05, 0.1) is 25.0 Å². The van der Waals surface area contributed by atoms with Crippen LogP contribution in [0.15, 0.2) is 54.9 Å². The first-order valence-corrected chi connectivity index (χ1v) is 17.9. The molecule has 0 saturated heterocycles. The van der Waals surface area contributed by atoms with Gasteiger partial charge in [0, 0.05) is 67.8 Å². The van der Waals surface area contributed by atoms with Crippen molar-refractivity contribution in [2.45, 2.75) is 90.9 Å². The van der Waals surface area contributed by atoms with Crippen molar-refractivity contribution in [3.63, 3.8) is 0 Å². The minimum absolute atomic E-state index is 0.0944. The lowest BCUT2D eigenvalue weighted by Crippen LogP contribution is -2.55. The number of H-pyrrole nitrogens is 1. The molecule has 276 valence electrons. The molecule has 0 spiro atoms. The molecule has 0 aliphatic heterocycles. The summed E-state index contributed by atoms with van der Waals surface area (Å²) in [6.45, 7) is 8.67. The molecule has 0 aliphatic carbocycles. The third-order valence-electron chi connectivity index (χ3n) is 9.67. The Morgan fingerprint density at radius 3 is 2.35 bits per heavy atom. The van der Waals surface area contributed by atoms with Gasteiger partial charge in [-0.05, 0) is 79.1 Å². The number of benzene rings is 2. The molecule has 11 nitrogen and oxygen atoms in total. The van der Waals surface area contributed by atoms with Crippen molar-refractivity contribution < 1.29 is 23.5 Å². The molecule has 5 N–H and O–H groups in total. The number of nitrogens with zero attached hydrogens (tertiary/aromatic N) is 2. The van der Waals surface area contributed by atoms with E-state index in [1.165, 1.54) is 12.1 Å².